The summed E-state index contributed by atoms with van der Waals surface area (Å²) in [6, 6.07) is 6.09. The smallest absolute Gasteiger partial charge is 0.246 e. The van der Waals surface area contributed by atoms with Gasteiger partial charge in [0.15, 0.2) is 0 Å². The predicted octanol–water partition coefficient (Wildman–Crippen LogP) is 1.88. The first-order valence-corrected chi connectivity index (χ1v) is 13.0. The fourth-order valence-corrected chi connectivity index (χ4v) is 5.00. The van der Waals surface area contributed by atoms with Crippen LogP contribution in [0.5, 0.6) is 0 Å². The van der Waals surface area contributed by atoms with E-state index >= 15 is 0 Å². The van der Waals surface area contributed by atoms with Crippen molar-refractivity contribution in [3.8, 4) is 22.8 Å². The summed E-state index contributed by atoms with van der Waals surface area (Å²) >= 11 is 1.58. The normalized spacial score (nSPS) is 18.2. The van der Waals surface area contributed by atoms with Crippen LogP contribution in [-0.4, -0.2) is 70.7 Å². The number of aromatic nitrogens is 1. The van der Waals surface area contributed by atoms with Crippen molar-refractivity contribution in [3.63, 3.8) is 0 Å². The molecule has 198 valence electrons. The lowest BCUT2D eigenvalue weighted by Crippen LogP contribution is -2.58. The van der Waals surface area contributed by atoms with Gasteiger partial charge in [0.25, 0.3) is 0 Å². The fourth-order valence-electron chi connectivity index (χ4n) is 4.19. The zero-order valence-electron chi connectivity index (χ0n) is 21.6. The van der Waals surface area contributed by atoms with Crippen molar-refractivity contribution in [1.29, 1.82) is 0 Å². The van der Waals surface area contributed by atoms with Gasteiger partial charge in [0.2, 0.25) is 17.7 Å². The molecule has 1 aliphatic heterocycles. The van der Waals surface area contributed by atoms with Crippen LogP contribution in [0.25, 0.3) is 10.4 Å². The number of aryl methyl sites for hydroxylation is 1. The first-order chi connectivity index (χ1) is 17.5. The van der Waals surface area contributed by atoms with E-state index in [0.717, 1.165) is 21.7 Å². The molecule has 3 amide bonds. The van der Waals surface area contributed by atoms with Crippen molar-refractivity contribution in [2.24, 2.45) is 5.41 Å². The van der Waals surface area contributed by atoms with Gasteiger partial charge < -0.3 is 25.4 Å². The number of hydrogen-bond acceptors (Lipinski definition) is 7. The molecular formula is C27H34N4O5S. The van der Waals surface area contributed by atoms with Gasteiger partial charge in [0.05, 0.1) is 22.2 Å². The Morgan fingerprint density at radius 2 is 2.00 bits per heavy atom. The van der Waals surface area contributed by atoms with Gasteiger partial charge in [-0.15, -0.1) is 17.8 Å². The Morgan fingerprint density at radius 3 is 2.59 bits per heavy atom. The summed E-state index contributed by atoms with van der Waals surface area (Å²) in [5.41, 5.74) is 4.10. The quantitative estimate of drug-likeness (QED) is 0.339. The number of hydrogen-bond donors (Lipinski definition) is 3. The van der Waals surface area contributed by atoms with Crippen LogP contribution in [0.15, 0.2) is 29.8 Å². The zero-order valence-corrected chi connectivity index (χ0v) is 22.4. The van der Waals surface area contributed by atoms with Crippen molar-refractivity contribution in [1.82, 2.24) is 20.5 Å². The Hall–Kier alpha value is -3.26. The summed E-state index contributed by atoms with van der Waals surface area (Å²) in [4.78, 5) is 45.7. The second-order valence-corrected chi connectivity index (χ2v) is 11.0. The van der Waals surface area contributed by atoms with Crippen molar-refractivity contribution < 1.29 is 24.2 Å². The third-order valence-corrected chi connectivity index (χ3v) is 7.11. The number of carbonyl (C=O) groups excluding carboxylic acids is 3. The summed E-state index contributed by atoms with van der Waals surface area (Å²) in [5, 5.41) is 15.9. The number of β-amino-alcohol motifs (C(OH)–C–C–N with tert-alkyl or cyclic N) is 1. The molecule has 1 aliphatic rings. The summed E-state index contributed by atoms with van der Waals surface area (Å²) < 4.78 is 5.07. The van der Waals surface area contributed by atoms with E-state index in [4.69, 9.17) is 11.2 Å². The van der Waals surface area contributed by atoms with E-state index in [9.17, 15) is 19.5 Å². The van der Waals surface area contributed by atoms with Crippen LogP contribution in [-0.2, 0) is 25.7 Å². The molecule has 0 spiro atoms. The Bertz CT molecular complexity index is 1150. The molecule has 2 aromatic rings. The number of aliphatic hydroxyl groups excluding tert-OH is 1. The molecule has 3 N–H and O–H groups in total. The van der Waals surface area contributed by atoms with Crippen LogP contribution < -0.4 is 10.6 Å². The average molecular weight is 527 g/mol. The van der Waals surface area contributed by atoms with Crippen molar-refractivity contribution in [3.05, 3.63) is 41.0 Å². The fraction of sp³-hybridized carbons (Fsp3) is 0.481. The van der Waals surface area contributed by atoms with E-state index < -0.39 is 35.4 Å². The first-order valence-electron chi connectivity index (χ1n) is 12.1. The van der Waals surface area contributed by atoms with Gasteiger partial charge in [0.1, 0.15) is 25.3 Å². The molecule has 1 aromatic carbocycles. The van der Waals surface area contributed by atoms with Crippen molar-refractivity contribution in [2.45, 2.75) is 58.8 Å². The molecule has 0 radical (unpaired) electrons. The molecule has 10 heteroatoms. The number of rotatable bonds is 9. The first kappa shape index (κ1) is 28.3. The molecule has 3 rings (SSSR count). The zero-order chi connectivity index (χ0) is 27.2. The number of benzene rings is 1. The Morgan fingerprint density at radius 1 is 1.30 bits per heavy atom. The van der Waals surface area contributed by atoms with E-state index in [2.05, 4.69) is 21.5 Å². The maximum absolute atomic E-state index is 13.5. The van der Waals surface area contributed by atoms with Gasteiger partial charge in [-0.05, 0) is 23.5 Å². The highest BCUT2D eigenvalue weighted by atomic mass is 32.1. The van der Waals surface area contributed by atoms with Gasteiger partial charge in [-0.3, -0.25) is 14.4 Å². The highest BCUT2D eigenvalue weighted by molar-refractivity contribution is 7.13. The highest BCUT2D eigenvalue weighted by Crippen LogP contribution is 2.28. The number of carbonyl (C=O) groups is 3. The van der Waals surface area contributed by atoms with E-state index in [1.54, 1.807) is 11.3 Å². The third kappa shape index (κ3) is 7.38. The van der Waals surface area contributed by atoms with E-state index in [0.29, 0.717) is 0 Å². The maximum atomic E-state index is 13.5. The van der Waals surface area contributed by atoms with Gasteiger partial charge in [0, 0.05) is 19.5 Å². The minimum atomic E-state index is -0.919. The lowest BCUT2D eigenvalue weighted by Gasteiger charge is -2.35. The molecule has 0 aliphatic carbocycles. The Balaban J connectivity index is 1.65. The number of terminal acetylenes is 1. The van der Waals surface area contributed by atoms with Gasteiger partial charge in [-0.25, -0.2) is 4.98 Å². The molecule has 1 fully saturated rings. The summed E-state index contributed by atoms with van der Waals surface area (Å²) in [5.74, 6) is 1.01. The minimum absolute atomic E-state index is 0.00978. The van der Waals surface area contributed by atoms with E-state index in [1.165, 1.54) is 4.90 Å². The number of nitrogens with one attached hydrogen (secondary N) is 2. The third-order valence-electron chi connectivity index (χ3n) is 6.13. The molecule has 2 heterocycles. The standard InChI is InChI=1S/C27H34N4O5S/c1-6-11-36-15-22(33)30-24(27(3,4)5)26(35)31-14-20(32)12-21(31)25(34)28-13-18-7-9-19(10-8-18)23-17(2)29-16-37-23/h1,7-10,16,20-21,24,32H,11-15H2,2-5H3,(H,28,34)(H,30,33)/t20-,21+,24-/m1/s1. The molecule has 0 unspecified atom stereocenters. The monoisotopic (exact) mass is 526 g/mol. The second-order valence-electron chi connectivity index (χ2n) is 10.1. The van der Waals surface area contributed by atoms with Crippen LogP contribution >= 0.6 is 11.3 Å². The Labute approximate surface area is 221 Å². The molecule has 0 saturated carbocycles. The Kier molecular flexibility index (Phi) is 9.43. The molecule has 1 saturated heterocycles. The SMILES string of the molecule is C#CCOCC(=O)N[C@H](C(=O)N1C[C@H](O)C[C@H]1C(=O)NCc1ccc(-c2scnc2C)cc1)C(C)(C)C. The number of amides is 3. The minimum Gasteiger partial charge on any atom is -0.391 e. The molecule has 0 bridgehead atoms. The molecule has 1 aromatic heterocycles. The average Bonchev–Trinajstić information content (AvgIpc) is 3.46. The summed E-state index contributed by atoms with van der Waals surface area (Å²) in [7, 11) is 0. The van der Waals surface area contributed by atoms with Crippen molar-refractivity contribution in [2.75, 3.05) is 19.8 Å². The highest BCUT2D eigenvalue weighted by Gasteiger charge is 2.44. The van der Waals surface area contributed by atoms with Crippen LogP contribution in [0.4, 0.5) is 0 Å². The molecule has 37 heavy (non-hydrogen) atoms. The topological polar surface area (TPSA) is 121 Å². The molecular weight excluding hydrogens is 492 g/mol. The second kappa shape index (κ2) is 12.3. The van der Waals surface area contributed by atoms with Crippen LogP contribution in [0.3, 0.4) is 0 Å². The number of aliphatic hydroxyl groups is 1. The van der Waals surface area contributed by atoms with Gasteiger partial charge in [-0.1, -0.05) is 51.0 Å². The van der Waals surface area contributed by atoms with E-state index in [-0.39, 0.29) is 38.6 Å². The van der Waals surface area contributed by atoms with Crippen LogP contribution in [0, 0.1) is 24.7 Å². The predicted molar refractivity (Wildman–Crippen MR) is 141 cm³/mol. The number of ether oxygens (including phenoxy) is 1. The van der Waals surface area contributed by atoms with Crippen molar-refractivity contribution >= 4 is 29.1 Å². The largest absolute Gasteiger partial charge is 0.391 e. The number of nitrogens with zero attached hydrogens (tertiary/aromatic N) is 2. The van der Waals surface area contributed by atoms with Crippen LogP contribution in [0.1, 0.15) is 38.4 Å². The summed E-state index contributed by atoms with van der Waals surface area (Å²) in [6.45, 7) is 7.40. The van der Waals surface area contributed by atoms with Gasteiger partial charge >= 0.3 is 0 Å². The van der Waals surface area contributed by atoms with Gasteiger partial charge in [-0.2, -0.15) is 0 Å². The van der Waals surface area contributed by atoms with Crippen LogP contribution in [0.2, 0.25) is 0 Å². The summed E-state index contributed by atoms with van der Waals surface area (Å²) in [6.07, 6.45) is 4.42. The number of likely N-dealkylation sites (tertiary alicyclic amines) is 1. The lowest BCUT2D eigenvalue weighted by molar-refractivity contribution is -0.144. The number of thiazole rings is 1. The molecule has 3 atom stereocenters. The maximum Gasteiger partial charge on any atom is 0.246 e. The lowest BCUT2D eigenvalue weighted by atomic mass is 9.85. The van der Waals surface area contributed by atoms with E-state index in [1.807, 2.05) is 57.5 Å². The molecule has 9 nitrogen and oxygen atoms in total.